The summed E-state index contributed by atoms with van der Waals surface area (Å²) in [6.45, 7) is 3.63. The summed E-state index contributed by atoms with van der Waals surface area (Å²) in [4.78, 5) is 22.2. The summed E-state index contributed by atoms with van der Waals surface area (Å²) in [6, 6.07) is 4.46. The zero-order valence-electron chi connectivity index (χ0n) is 13.2. The highest BCUT2D eigenvalue weighted by molar-refractivity contribution is 5.92. The van der Waals surface area contributed by atoms with Crippen LogP contribution < -0.4 is 10.1 Å². The summed E-state index contributed by atoms with van der Waals surface area (Å²) in [6.07, 6.45) is 2.29. The molecule has 0 aliphatic carbocycles. The van der Waals surface area contributed by atoms with Gasteiger partial charge in [-0.2, -0.15) is 5.10 Å². The Bertz CT molecular complexity index is 747. The van der Waals surface area contributed by atoms with Crippen LogP contribution in [0.25, 0.3) is 0 Å². The molecule has 0 aliphatic rings. The van der Waals surface area contributed by atoms with Gasteiger partial charge in [-0.25, -0.2) is 9.07 Å². The summed E-state index contributed by atoms with van der Waals surface area (Å²) < 4.78 is 19.8. The minimum Gasteiger partial charge on any atom is -0.464 e. The van der Waals surface area contributed by atoms with E-state index in [1.807, 2.05) is 13.8 Å². The monoisotopic (exact) mass is 336 g/mol. The van der Waals surface area contributed by atoms with Crippen molar-refractivity contribution in [1.29, 1.82) is 0 Å². The number of hydrogen-bond donors (Lipinski definition) is 1. The van der Waals surface area contributed by atoms with Crippen molar-refractivity contribution in [3.63, 3.8) is 0 Å². The Morgan fingerprint density at radius 1 is 1.50 bits per heavy atom. The van der Waals surface area contributed by atoms with Gasteiger partial charge in [0.25, 0.3) is 5.91 Å². The predicted molar refractivity (Wildman–Crippen MR) is 83.1 cm³/mol. The van der Waals surface area contributed by atoms with Crippen LogP contribution in [-0.2, 0) is 6.73 Å². The number of carbonyl (C=O) groups excluding carboxylic acids is 1. The van der Waals surface area contributed by atoms with E-state index in [4.69, 9.17) is 4.74 Å². The van der Waals surface area contributed by atoms with Crippen molar-refractivity contribution in [2.45, 2.75) is 33.0 Å². The molecule has 2 aromatic rings. The lowest BCUT2D eigenvalue weighted by Gasteiger charge is -2.09. The van der Waals surface area contributed by atoms with Gasteiger partial charge in [0.2, 0.25) is 5.75 Å². The van der Waals surface area contributed by atoms with E-state index in [9.17, 15) is 19.3 Å². The summed E-state index contributed by atoms with van der Waals surface area (Å²) in [5.41, 5.74) is -0.147. The van der Waals surface area contributed by atoms with Gasteiger partial charge in [-0.3, -0.25) is 14.9 Å². The fraction of sp³-hybridized carbons (Fsp3) is 0.333. The molecule has 8 nitrogen and oxygen atoms in total. The number of ether oxygens (including phenoxy) is 1. The molecule has 128 valence electrons. The van der Waals surface area contributed by atoms with Gasteiger partial charge in [-0.05, 0) is 25.5 Å². The maximum atomic E-state index is 13.2. The number of nitro benzene ring substituents is 1. The number of rotatable bonds is 7. The van der Waals surface area contributed by atoms with E-state index in [-0.39, 0.29) is 35.8 Å². The minimum absolute atomic E-state index is 0.0221. The van der Waals surface area contributed by atoms with Gasteiger partial charge < -0.3 is 10.1 Å². The SMILES string of the molecule is CCC(C)NC(=O)c1ccn(COc2cc(F)ccc2[N+](=O)[O-])n1. The summed E-state index contributed by atoms with van der Waals surface area (Å²) in [5, 5.41) is 17.7. The van der Waals surface area contributed by atoms with Crippen LogP contribution in [0, 0.1) is 15.9 Å². The quantitative estimate of drug-likeness (QED) is 0.618. The first-order chi connectivity index (χ1) is 11.4. The first-order valence-electron chi connectivity index (χ1n) is 7.31. The summed E-state index contributed by atoms with van der Waals surface area (Å²) in [5.74, 6) is -1.18. The van der Waals surface area contributed by atoms with Crippen molar-refractivity contribution in [1.82, 2.24) is 15.1 Å². The molecule has 1 heterocycles. The molecule has 24 heavy (non-hydrogen) atoms. The first-order valence-corrected chi connectivity index (χ1v) is 7.31. The molecule has 1 amide bonds. The van der Waals surface area contributed by atoms with Gasteiger partial charge >= 0.3 is 5.69 Å². The van der Waals surface area contributed by atoms with Crippen LogP contribution in [0.15, 0.2) is 30.5 Å². The fourth-order valence-corrected chi connectivity index (χ4v) is 1.84. The van der Waals surface area contributed by atoms with Gasteiger partial charge in [-0.1, -0.05) is 6.92 Å². The Morgan fingerprint density at radius 3 is 2.92 bits per heavy atom. The fourth-order valence-electron chi connectivity index (χ4n) is 1.84. The van der Waals surface area contributed by atoms with Crippen molar-refractivity contribution < 1.29 is 18.8 Å². The number of nitrogens with zero attached hydrogens (tertiary/aromatic N) is 3. The Balaban J connectivity index is 2.05. The molecule has 1 aromatic heterocycles. The topological polar surface area (TPSA) is 99.3 Å². The molecule has 0 saturated carbocycles. The standard InChI is InChI=1S/C15H17FN4O4/c1-3-10(2)17-15(21)12-6-7-19(18-12)9-24-14-8-11(16)4-5-13(14)20(22)23/h4-8,10H,3,9H2,1-2H3,(H,17,21). The molecule has 0 aliphatic heterocycles. The van der Waals surface area contributed by atoms with Crippen LogP contribution in [0.5, 0.6) is 5.75 Å². The van der Waals surface area contributed by atoms with Crippen LogP contribution in [0.4, 0.5) is 10.1 Å². The maximum absolute atomic E-state index is 13.2. The van der Waals surface area contributed by atoms with Crippen LogP contribution in [-0.4, -0.2) is 26.7 Å². The highest BCUT2D eigenvalue weighted by atomic mass is 19.1. The Labute approximate surface area is 137 Å². The smallest absolute Gasteiger partial charge is 0.311 e. The van der Waals surface area contributed by atoms with Crippen LogP contribution in [0.1, 0.15) is 30.8 Å². The average molecular weight is 336 g/mol. The maximum Gasteiger partial charge on any atom is 0.311 e. The normalized spacial score (nSPS) is 11.8. The first kappa shape index (κ1) is 17.4. The van der Waals surface area contributed by atoms with Crippen molar-refractivity contribution in [2.75, 3.05) is 0 Å². The molecule has 2 rings (SSSR count). The molecule has 1 atom stereocenters. The van der Waals surface area contributed by atoms with Crippen molar-refractivity contribution >= 4 is 11.6 Å². The van der Waals surface area contributed by atoms with E-state index in [0.29, 0.717) is 0 Å². The average Bonchev–Trinajstić information content (AvgIpc) is 3.01. The lowest BCUT2D eigenvalue weighted by molar-refractivity contribution is -0.386. The molecular formula is C15H17FN4O4. The summed E-state index contributed by atoms with van der Waals surface area (Å²) >= 11 is 0. The van der Waals surface area contributed by atoms with Gasteiger partial charge in [0.05, 0.1) is 4.92 Å². The van der Waals surface area contributed by atoms with E-state index in [2.05, 4.69) is 10.4 Å². The van der Waals surface area contributed by atoms with E-state index in [1.54, 1.807) is 0 Å². The lowest BCUT2D eigenvalue weighted by Crippen LogP contribution is -2.32. The number of halogens is 1. The largest absolute Gasteiger partial charge is 0.464 e. The number of nitrogens with one attached hydrogen (secondary N) is 1. The second kappa shape index (κ2) is 7.53. The Morgan fingerprint density at radius 2 is 2.25 bits per heavy atom. The third kappa shape index (κ3) is 4.28. The third-order valence-electron chi connectivity index (χ3n) is 3.33. The Kier molecular flexibility index (Phi) is 5.46. The lowest BCUT2D eigenvalue weighted by atomic mass is 10.2. The molecule has 0 bridgehead atoms. The molecule has 0 fully saturated rings. The third-order valence-corrected chi connectivity index (χ3v) is 3.33. The van der Waals surface area contributed by atoms with Crippen LogP contribution in [0.3, 0.4) is 0 Å². The van der Waals surface area contributed by atoms with Crippen molar-refractivity contribution in [3.05, 3.63) is 52.1 Å². The summed E-state index contributed by atoms with van der Waals surface area (Å²) in [7, 11) is 0. The van der Waals surface area contributed by atoms with Gasteiger partial charge in [0.1, 0.15) is 11.5 Å². The zero-order valence-corrected chi connectivity index (χ0v) is 13.2. The number of nitro groups is 1. The van der Waals surface area contributed by atoms with E-state index in [0.717, 1.165) is 24.6 Å². The number of aromatic nitrogens is 2. The Hall–Kier alpha value is -2.97. The van der Waals surface area contributed by atoms with Gasteiger partial charge in [-0.15, -0.1) is 0 Å². The second-order valence-corrected chi connectivity index (χ2v) is 5.17. The van der Waals surface area contributed by atoms with E-state index < -0.39 is 10.7 Å². The molecule has 0 saturated heterocycles. The molecule has 9 heteroatoms. The molecule has 0 radical (unpaired) electrons. The second-order valence-electron chi connectivity index (χ2n) is 5.17. The highest BCUT2D eigenvalue weighted by Gasteiger charge is 2.17. The van der Waals surface area contributed by atoms with E-state index >= 15 is 0 Å². The molecule has 0 spiro atoms. The minimum atomic E-state index is -0.664. The highest BCUT2D eigenvalue weighted by Crippen LogP contribution is 2.27. The number of carbonyl (C=O) groups is 1. The molecular weight excluding hydrogens is 319 g/mol. The number of amides is 1. The molecule has 1 unspecified atom stereocenters. The van der Waals surface area contributed by atoms with Crippen molar-refractivity contribution in [2.24, 2.45) is 0 Å². The molecule has 1 N–H and O–H groups in total. The van der Waals surface area contributed by atoms with Crippen molar-refractivity contribution in [3.8, 4) is 5.75 Å². The van der Waals surface area contributed by atoms with Crippen LogP contribution >= 0.6 is 0 Å². The predicted octanol–water partition coefficient (Wildman–Crippen LogP) is 2.50. The number of hydrogen-bond acceptors (Lipinski definition) is 5. The number of benzene rings is 1. The van der Waals surface area contributed by atoms with Gasteiger partial charge in [0, 0.05) is 24.4 Å². The zero-order chi connectivity index (χ0) is 17.7. The van der Waals surface area contributed by atoms with Crippen LogP contribution in [0.2, 0.25) is 0 Å². The van der Waals surface area contributed by atoms with E-state index in [1.165, 1.54) is 16.9 Å². The van der Waals surface area contributed by atoms with Gasteiger partial charge in [0.15, 0.2) is 6.73 Å². The molecule has 1 aromatic carbocycles.